The molecule has 1 amide bonds. The smallest absolute Gasteiger partial charge is 0.224 e. The number of aryl methyl sites for hydroxylation is 1. The van der Waals surface area contributed by atoms with E-state index in [-0.39, 0.29) is 18.9 Å². The monoisotopic (exact) mass is 269 g/mol. The number of sulfonamides is 1. The Hall–Kier alpha value is -1.47. The highest BCUT2D eigenvalue weighted by Crippen LogP contribution is 2.18. The molecule has 6 nitrogen and oxygen atoms in total. The van der Waals surface area contributed by atoms with E-state index in [1.54, 1.807) is 6.20 Å². The Morgan fingerprint density at radius 3 is 2.72 bits per heavy atom. The number of pyridine rings is 1. The SMILES string of the molecule is Cc1ccc(CN2CC(S(N)(=O)=O)CC2=O)nc1. The number of amides is 1. The van der Waals surface area contributed by atoms with E-state index >= 15 is 0 Å². The molecule has 0 spiro atoms. The minimum atomic E-state index is -3.65. The van der Waals surface area contributed by atoms with Gasteiger partial charge in [0.1, 0.15) is 5.25 Å². The highest BCUT2D eigenvalue weighted by molar-refractivity contribution is 7.89. The van der Waals surface area contributed by atoms with Crippen molar-refractivity contribution < 1.29 is 13.2 Å². The third-order valence-corrected chi connectivity index (χ3v) is 4.21. The fourth-order valence-corrected chi connectivity index (χ4v) is 2.66. The van der Waals surface area contributed by atoms with Crippen LogP contribution in [0.15, 0.2) is 18.3 Å². The summed E-state index contributed by atoms with van der Waals surface area (Å²) < 4.78 is 22.4. The van der Waals surface area contributed by atoms with Crippen molar-refractivity contribution in [3.8, 4) is 0 Å². The maximum absolute atomic E-state index is 11.7. The largest absolute Gasteiger partial charge is 0.335 e. The van der Waals surface area contributed by atoms with Crippen molar-refractivity contribution in [2.75, 3.05) is 6.54 Å². The van der Waals surface area contributed by atoms with Crippen LogP contribution < -0.4 is 5.14 Å². The first-order valence-electron chi connectivity index (χ1n) is 5.57. The summed E-state index contributed by atoms with van der Waals surface area (Å²) in [4.78, 5) is 17.3. The lowest BCUT2D eigenvalue weighted by Crippen LogP contribution is -2.32. The molecule has 1 atom stereocenters. The molecule has 0 aliphatic carbocycles. The number of likely N-dealkylation sites (tertiary alicyclic amines) is 1. The summed E-state index contributed by atoms with van der Waals surface area (Å²) in [6, 6.07) is 3.73. The van der Waals surface area contributed by atoms with Crippen LogP contribution in [0.2, 0.25) is 0 Å². The number of aromatic nitrogens is 1. The molecule has 1 aliphatic rings. The van der Waals surface area contributed by atoms with Gasteiger partial charge in [-0.05, 0) is 18.6 Å². The lowest BCUT2D eigenvalue weighted by molar-refractivity contribution is -0.128. The number of carbonyl (C=O) groups is 1. The van der Waals surface area contributed by atoms with Gasteiger partial charge < -0.3 is 4.90 Å². The summed E-state index contributed by atoms with van der Waals surface area (Å²) in [6.45, 7) is 2.40. The van der Waals surface area contributed by atoms with E-state index in [4.69, 9.17) is 5.14 Å². The molecule has 1 aromatic rings. The molecular weight excluding hydrogens is 254 g/mol. The van der Waals surface area contributed by atoms with E-state index in [2.05, 4.69) is 4.98 Å². The summed E-state index contributed by atoms with van der Waals surface area (Å²) in [5.41, 5.74) is 1.78. The number of nitrogens with two attached hydrogens (primary N) is 1. The van der Waals surface area contributed by atoms with Crippen LogP contribution in [-0.4, -0.2) is 36.0 Å². The zero-order valence-electron chi connectivity index (χ0n) is 10.0. The second-order valence-corrected chi connectivity index (χ2v) is 6.36. The van der Waals surface area contributed by atoms with Crippen molar-refractivity contribution in [2.45, 2.75) is 25.1 Å². The lowest BCUT2D eigenvalue weighted by Gasteiger charge is -2.15. The predicted octanol–water partition coefficient (Wildman–Crippen LogP) is -0.221. The average Bonchev–Trinajstić information content (AvgIpc) is 2.63. The Balaban J connectivity index is 2.07. The Labute approximate surface area is 106 Å². The second kappa shape index (κ2) is 4.66. The van der Waals surface area contributed by atoms with Crippen LogP contribution in [0.25, 0.3) is 0 Å². The molecular formula is C11H15N3O3S. The summed E-state index contributed by atoms with van der Waals surface area (Å²) in [7, 11) is -3.65. The van der Waals surface area contributed by atoms with Crippen LogP contribution in [0.3, 0.4) is 0 Å². The normalized spacial score (nSPS) is 20.4. The maximum Gasteiger partial charge on any atom is 0.224 e. The number of primary sulfonamides is 1. The molecule has 1 unspecified atom stereocenters. The topological polar surface area (TPSA) is 93.4 Å². The molecule has 1 saturated heterocycles. The van der Waals surface area contributed by atoms with Gasteiger partial charge >= 0.3 is 0 Å². The van der Waals surface area contributed by atoms with Crippen LogP contribution in [0.4, 0.5) is 0 Å². The van der Waals surface area contributed by atoms with Crippen LogP contribution in [0.5, 0.6) is 0 Å². The average molecular weight is 269 g/mol. The fraction of sp³-hybridized carbons (Fsp3) is 0.455. The van der Waals surface area contributed by atoms with E-state index in [1.807, 2.05) is 19.1 Å². The maximum atomic E-state index is 11.7. The molecule has 0 saturated carbocycles. The Morgan fingerprint density at radius 2 is 2.22 bits per heavy atom. The van der Waals surface area contributed by atoms with Crippen molar-refractivity contribution in [1.29, 1.82) is 0 Å². The third-order valence-electron chi connectivity index (χ3n) is 2.97. The van der Waals surface area contributed by atoms with Gasteiger partial charge in [-0.2, -0.15) is 0 Å². The Morgan fingerprint density at radius 1 is 1.50 bits per heavy atom. The number of rotatable bonds is 3. The summed E-state index contributed by atoms with van der Waals surface area (Å²) in [6.07, 6.45) is 1.68. The van der Waals surface area contributed by atoms with Gasteiger partial charge in [-0.15, -0.1) is 0 Å². The van der Waals surface area contributed by atoms with Gasteiger partial charge in [-0.1, -0.05) is 6.07 Å². The first kappa shape index (κ1) is 13.0. The zero-order valence-corrected chi connectivity index (χ0v) is 10.9. The molecule has 0 bridgehead atoms. The summed E-state index contributed by atoms with van der Waals surface area (Å²) >= 11 is 0. The minimum Gasteiger partial charge on any atom is -0.335 e. The van der Waals surface area contributed by atoms with Gasteiger partial charge in [0, 0.05) is 19.2 Å². The first-order valence-corrected chi connectivity index (χ1v) is 7.18. The zero-order chi connectivity index (χ0) is 13.3. The second-order valence-electron chi connectivity index (χ2n) is 4.52. The van der Waals surface area contributed by atoms with Crippen molar-refractivity contribution in [3.63, 3.8) is 0 Å². The molecule has 18 heavy (non-hydrogen) atoms. The van der Waals surface area contributed by atoms with Crippen LogP contribution in [-0.2, 0) is 21.4 Å². The first-order chi connectivity index (χ1) is 8.36. The highest BCUT2D eigenvalue weighted by atomic mass is 32.2. The Kier molecular flexibility index (Phi) is 3.36. The Bertz CT molecular complexity index is 553. The highest BCUT2D eigenvalue weighted by Gasteiger charge is 2.36. The van der Waals surface area contributed by atoms with E-state index in [9.17, 15) is 13.2 Å². The number of carbonyl (C=O) groups excluding carboxylic acids is 1. The molecule has 2 N–H and O–H groups in total. The van der Waals surface area contributed by atoms with Crippen molar-refractivity contribution in [3.05, 3.63) is 29.6 Å². The van der Waals surface area contributed by atoms with E-state index in [0.29, 0.717) is 6.54 Å². The molecule has 1 aromatic heterocycles. The predicted molar refractivity (Wildman–Crippen MR) is 65.9 cm³/mol. The van der Waals surface area contributed by atoms with Gasteiger partial charge in [-0.3, -0.25) is 9.78 Å². The van der Waals surface area contributed by atoms with Gasteiger partial charge in [0.05, 0.1) is 12.2 Å². The number of hydrogen-bond donors (Lipinski definition) is 1. The minimum absolute atomic E-state index is 0.0370. The van der Waals surface area contributed by atoms with Crippen molar-refractivity contribution >= 4 is 15.9 Å². The van der Waals surface area contributed by atoms with Crippen LogP contribution >= 0.6 is 0 Å². The third kappa shape index (κ3) is 2.85. The standard InChI is InChI=1S/C11H15N3O3S/c1-8-2-3-9(13-5-8)6-14-7-10(4-11(14)15)18(12,16)17/h2-3,5,10H,4,6-7H2,1H3,(H2,12,16,17). The molecule has 1 aliphatic heterocycles. The summed E-state index contributed by atoms with van der Waals surface area (Å²) in [5.74, 6) is -0.198. The molecule has 2 rings (SSSR count). The van der Waals surface area contributed by atoms with Gasteiger partial charge in [-0.25, -0.2) is 13.6 Å². The molecule has 98 valence electrons. The number of nitrogens with zero attached hydrogens (tertiary/aromatic N) is 2. The summed E-state index contributed by atoms with van der Waals surface area (Å²) in [5, 5.41) is 4.26. The molecule has 0 aromatic carbocycles. The van der Waals surface area contributed by atoms with Crippen molar-refractivity contribution in [1.82, 2.24) is 9.88 Å². The molecule has 1 fully saturated rings. The van der Waals surface area contributed by atoms with Gasteiger partial charge in [0.15, 0.2) is 0 Å². The van der Waals surface area contributed by atoms with Crippen LogP contribution in [0.1, 0.15) is 17.7 Å². The fourth-order valence-electron chi connectivity index (χ4n) is 1.90. The van der Waals surface area contributed by atoms with E-state index in [1.165, 1.54) is 4.90 Å². The van der Waals surface area contributed by atoms with E-state index < -0.39 is 15.3 Å². The van der Waals surface area contributed by atoms with Gasteiger partial charge in [0.25, 0.3) is 0 Å². The number of hydrogen-bond acceptors (Lipinski definition) is 4. The lowest BCUT2D eigenvalue weighted by atomic mass is 10.2. The molecule has 7 heteroatoms. The molecule has 2 heterocycles. The van der Waals surface area contributed by atoms with E-state index in [0.717, 1.165) is 11.3 Å². The van der Waals surface area contributed by atoms with Gasteiger partial charge in [0.2, 0.25) is 15.9 Å². The molecule has 0 radical (unpaired) electrons. The quantitative estimate of drug-likeness (QED) is 0.821. The van der Waals surface area contributed by atoms with Crippen LogP contribution in [0, 0.1) is 6.92 Å². The van der Waals surface area contributed by atoms with Crippen molar-refractivity contribution in [2.24, 2.45) is 5.14 Å².